The molecular weight excluding hydrogens is 932 g/mol. The number of furan rings is 2. The second-order valence-electron chi connectivity index (χ2n) is 16.1. The summed E-state index contributed by atoms with van der Waals surface area (Å²) in [6.07, 6.45) is 0.637. The van der Waals surface area contributed by atoms with Crippen molar-refractivity contribution >= 4 is 75.7 Å². The molecule has 8 aromatic carbocycles. The molecular formula is C57H34Br2N4O2. The zero-order valence-electron chi connectivity index (χ0n) is 34.5. The topological polar surface area (TPSA) is 77.8 Å². The molecule has 0 saturated carbocycles. The molecule has 0 spiro atoms. The van der Waals surface area contributed by atoms with E-state index in [9.17, 15) is 0 Å². The number of benzene rings is 8. The van der Waals surface area contributed by atoms with E-state index in [2.05, 4.69) is 135 Å². The molecule has 12 aromatic rings. The van der Waals surface area contributed by atoms with E-state index in [0.29, 0.717) is 18.1 Å². The molecule has 0 fully saturated rings. The van der Waals surface area contributed by atoms with Crippen molar-refractivity contribution in [3.8, 4) is 67.8 Å². The number of hydrogen-bond acceptors (Lipinski definition) is 6. The lowest BCUT2D eigenvalue weighted by atomic mass is 9.95. The molecule has 308 valence electrons. The van der Waals surface area contributed by atoms with Gasteiger partial charge in [-0.25, -0.2) is 19.9 Å². The molecule has 0 radical (unpaired) electrons. The van der Waals surface area contributed by atoms with E-state index in [0.717, 1.165) is 120 Å². The van der Waals surface area contributed by atoms with Gasteiger partial charge < -0.3 is 8.83 Å². The molecule has 6 nitrogen and oxygen atoms in total. The third-order valence-corrected chi connectivity index (χ3v) is 12.8. The molecule has 0 N–H and O–H groups in total. The molecule has 4 aromatic heterocycles. The summed E-state index contributed by atoms with van der Waals surface area (Å²) < 4.78 is 14.9. The summed E-state index contributed by atoms with van der Waals surface area (Å²) in [5.41, 5.74) is 14.6. The number of halogens is 2. The SMILES string of the molecule is Brc1ccc2oc3cc(Cc4cccc(-c5cc(-c6ccccc6)nc(-c6cccc7oc8ccc(Br)cc8c67)n5)c4)cc(-c4cc(-c5ccccc5)nc(-c5ccccc5)n4)c3c2c1. The smallest absolute Gasteiger partial charge is 0.161 e. The van der Waals surface area contributed by atoms with Crippen LogP contribution in [0, 0.1) is 0 Å². The van der Waals surface area contributed by atoms with Crippen molar-refractivity contribution in [2.75, 3.05) is 0 Å². The minimum atomic E-state index is 0.626. The van der Waals surface area contributed by atoms with Crippen LogP contribution in [0.4, 0.5) is 0 Å². The van der Waals surface area contributed by atoms with Gasteiger partial charge in [0.1, 0.15) is 22.3 Å². The van der Waals surface area contributed by atoms with Crippen LogP contribution in [-0.4, -0.2) is 19.9 Å². The summed E-state index contributed by atoms with van der Waals surface area (Å²) in [5, 5.41) is 4.00. The standard InChI is InChI=1S/C57H34Br2N4O2/c58-40-22-24-50-44(30-40)54-42(20-11-21-52(54)64-50)57-61-46(36-13-4-1-5-14-36)32-48(62-57)39-19-10-12-34(27-39)26-35-28-43(55-45-31-41(59)23-25-51(45)65-53(55)29-35)49-33-47(37-15-6-2-7-16-37)60-56(63-49)38-17-8-3-9-18-38/h1-25,27-33H,26H2. The molecule has 0 aliphatic carbocycles. The molecule has 65 heavy (non-hydrogen) atoms. The van der Waals surface area contributed by atoms with Crippen LogP contribution < -0.4 is 0 Å². The quantitative estimate of drug-likeness (QED) is 0.151. The summed E-state index contributed by atoms with van der Waals surface area (Å²) in [4.78, 5) is 20.9. The van der Waals surface area contributed by atoms with Crippen molar-refractivity contribution in [1.29, 1.82) is 0 Å². The number of fused-ring (bicyclic) bond motifs is 6. The summed E-state index contributed by atoms with van der Waals surface area (Å²) in [6, 6.07) is 66.3. The highest BCUT2D eigenvalue weighted by Crippen LogP contribution is 2.41. The molecule has 12 rings (SSSR count). The van der Waals surface area contributed by atoms with Crippen molar-refractivity contribution in [3.05, 3.63) is 214 Å². The number of hydrogen-bond donors (Lipinski definition) is 0. The second-order valence-corrected chi connectivity index (χ2v) is 17.9. The monoisotopic (exact) mass is 964 g/mol. The van der Waals surface area contributed by atoms with Crippen LogP contribution in [0.1, 0.15) is 11.1 Å². The van der Waals surface area contributed by atoms with Crippen LogP contribution in [0.3, 0.4) is 0 Å². The van der Waals surface area contributed by atoms with Crippen LogP contribution in [0.15, 0.2) is 212 Å². The first-order valence-electron chi connectivity index (χ1n) is 21.3. The van der Waals surface area contributed by atoms with Crippen LogP contribution in [0.25, 0.3) is 112 Å². The molecule has 0 unspecified atom stereocenters. The van der Waals surface area contributed by atoms with E-state index in [-0.39, 0.29) is 0 Å². The maximum absolute atomic E-state index is 6.65. The molecule has 0 atom stereocenters. The van der Waals surface area contributed by atoms with Crippen LogP contribution in [0.2, 0.25) is 0 Å². The Labute approximate surface area is 390 Å². The largest absolute Gasteiger partial charge is 0.456 e. The summed E-state index contributed by atoms with van der Waals surface area (Å²) in [6.45, 7) is 0. The van der Waals surface area contributed by atoms with Crippen molar-refractivity contribution in [3.63, 3.8) is 0 Å². The minimum absolute atomic E-state index is 0.626. The average molecular weight is 967 g/mol. The predicted octanol–water partition coefficient (Wildman–Crippen LogP) is 16.2. The Hall–Kier alpha value is -7.52. The molecule has 0 saturated heterocycles. The number of rotatable bonds is 8. The van der Waals surface area contributed by atoms with E-state index >= 15 is 0 Å². The highest BCUT2D eigenvalue weighted by atomic mass is 79.9. The van der Waals surface area contributed by atoms with Gasteiger partial charge in [0.05, 0.1) is 22.8 Å². The third-order valence-electron chi connectivity index (χ3n) is 11.8. The highest BCUT2D eigenvalue weighted by Gasteiger charge is 2.21. The fraction of sp³-hybridized carbons (Fsp3) is 0.0175. The Kier molecular flexibility index (Phi) is 9.77. The molecule has 0 aliphatic rings. The first-order chi connectivity index (χ1) is 32.0. The van der Waals surface area contributed by atoms with Crippen LogP contribution in [0.5, 0.6) is 0 Å². The van der Waals surface area contributed by atoms with E-state index in [1.807, 2.05) is 91.0 Å². The van der Waals surface area contributed by atoms with Gasteiger partial charge in [0, 0.05) is 63.9 Å². The van der Waals surface area contributed by atoms with Crippen molar-refractivity contribution in [2.24, 2.45) is 0 Å². The third kappa shape index (κ3) is 7.40. The second kappa shape index (κ2) is 16.2. The lowest BCUT2D eigenvalue weighted by molar-refractivity contribution is 0.668. The van der Waals surface area contributed by atoms with Crippen molar-refractivity contribution < 1.29 is 8.83 Å². The van der Waals surface area contributed by atoms with Gasteiger partial charge in [-0.3, -0.25) is 0 Å². The fourth-order valence-electron chi connectivity index (χ4n) is 8.83. The van der Waals surface area contributed by atoms with Gasteiger partial charge in [-0.05, 0) is 90.3 Å². The van der Waals surface area contributed by atoms with Gasteiger partial charge in [0.2, 0.25) is 0 Å². The van der Waals surface area contributed by atoms with E-state index in [1.54, 1.807) is 0 Å². The summed E-state index contributed by atoms with van der Waals surface area (Å²) in [7, 11) is 0. The number of aromatic nitrogens is 4. The van der Waals surface area contributed by atoms with Crippen LogP contribution >= 0.6 is 31.9 Å². The van der Waals surface area contributed by atoms with Crippen LogP contribution in [-0.2, 0) is 6.42 Å². The molecule has 4 heterocycles. The molecule has 0 aliphatic heterocycles. The molecule has 8 heteroatoms. The minimum Gasteiger partial charge on any atom is -0.456 e. The predicted molar refractivity (Wildman–Crippen MR) is 269 cm³/mol. The van der Waals surface area contributed by atoms with Crippen molar-refractivity contribution in [1.82, 2.24) is 19.9 Å². The maximum atomic E-state index is 6.65. The first-order valence-corrected chi connectivity index (χ1v) is 22.9. The normalized spacial score (nSPS) is 11.6. The zero-order valence-corrected chi connectivity index (χ0v) is 37.7. The Morgan fingerprint density at radius 2 is 0.862 bits per heavy atom. The summed E-state index contributed by atoms with van der Waals surface area (Å²) in [5.74, 6) is 1.28. The van der Waals surface area contributed by atoms with Gasteiger partial charge in [0.15, 0.2) is 11.6 Å². The fourth-order valence-corrected chi connectivity index (χ4v) is 9.55. The van der Waals surface area contributed by atoms with Gasteiger partial charge in [-0.15, -0.1) is 0 Å². The molecule has 0 bridgehead atoms. The van der Waals surface area contributed by atoms with E-state index in [4.69, 9.17) is 28.8 Å². The molecule has 0 amide bonds. The average Bonchev–Trinajstić information content (AvgIpc) is 3.92. The Balaban J connectivity index is 1.00. The lowest BCUT2D eigenvalue weighted by Crippen LogP contribution is -1.98. The van der Waals surface area contributed by atoms with Gasteiger partial charge >= 0.3 is 0 Å². The summed E-state index contributed by atoms with van der Waals surface area (Å²) >= 11 is 7.40. The van der Waals surface area contributed by atoms with Crippen molar-refractivity contribution in [2.45, 2.75) is 6.42 Å². The van der Waals surface area contributed by atoms with Gasteiger partial charge in [-0.2, -0.15) is 0 Å². The number of nitrogens with zero attached hydrogens (tertiary/aromatic N) is 4. The Bertz CT molecular complexity index is 3720. The van der Waals surface area contributed by atoms with Gasteiger partial charge in [0.25, 0.3) is 0 Å². The highest BCUT2D eigenvalue weighted by molar-refractivity contribution is 9.10. The van der Waals surface area contributed by atoms with E-state index < -0.39 is 0 Å². The maximum Gasteiger partial charge on any atom is 0.161 e. The Morgan fingerprint density at radius 1 is 0.338 bits per heavy atom. The zero-order chi connectivity index (χ0) is 43.4. The van der Waals surface area contributed by atoms with Gasteiger partial charge in [-0.1, -0.05) is 153 Å². The lowest BCUT2D eigenvalue weighted by Gasteiger charge is -2.13. The Morgan fingerprint density at radius 3 is 1.52 bits per heavy atom. The van der Waals surface area contributed by atoms with E-state index in [1.165, 1.54) is 0 Å². The first kappa shape index (κ1) is 39.1.